The van der Waals surface area contributed by atoms with Crippen molar-refractivity contribution in [2.45, 2.75) is 122 Å². The summed E-state index contributed by atoms with van der Waals surface area (Å²) >= 11 is 0. The molecular weight excluding hydrogens is 659 g/mol. The maximum atomic E-state index is 6.95. The molecule has 2 aromatic heterocycles. The third-order valence-electron chi connectivity index (χ3n) is 14.2. The van der Waals surface area contributed by atoms with Crippen molar-refractivity contribution in [2.75, 3.05) is 0 Å². The number of aryl methyl sites for hydroxylation is 2. The largest absolute Gasteiger partial charge is 0.368 e. The lowest BCUT2D eigenvalue weighted by Gasteiger charge is -2.34. The van der Waals surface area contributed by atoms with E-state index in [1.54, 1.807) is 0 Å². The van der Waals surface area contributed by atoms with Gasteiger partial charge in [-0.15, -0.1) is 0 Å². The molecule has 0 N–H and O–H groups in total. The Balaban J connectivity index is 1.32. The lowest BCUT2D eigenvalue weighted by molar-refractivity contribution is -0.760. The van der Waals surface area contributed by atoms with Crippen LogP contribution in [0.15, 0.2) is 97.2 Å². The van der Waals surface area contributed by atoms with Crippen LogP contribution in [-0.2, 0) is 23.2 Å². The van der Waals surface area contributed by atoms with Gasteiger partial charge in [0.25, 0.3) is 0 Å². The first-order chi connectivity index (χ1) is 26.2. The molecule has 0 saturated carbocycles. The van der Waals surface area contributed by atoms with Crippen molar-refractivity contribution in [3.05, 3.63) is 125 Å². The summed E-state index contributed by atoms with van der Waals surface area (Å²) in [6.07, 6.45) is 16.5. The smallest absolute Gasteiger partial charge is 0.239 e. The number of rotatable bonds is 9. The van der Waals surface area contributed by atoms with Crippen molar-refractivity contribution < 1.29 is 13.9 Å². The van der Waals surface area contributed by atoms with Crippen LogP contribution in [0, 0.1) is 18.8 Å². The molecule has 2 fully saturated rings. The Labute approximate surface area is 322 Å². The van der Waals surface area contributed by atoms with E-state index in [0.29, 0.717) is 11.8 Å². The summed E-state index contributed by atoms with van der Waals surface area (Å²) in [7, 11) is 0. The van der Waals surface area contributed by atoms with Crippen LogP contribution in [0.3, 0.4) is 0 Å². The van der Waals surface area contributed by atoms with Crippen LogP contribution in [0.25, 0.3) is 45.9 Å². The van der Waals surface area contributed by atoms with Gasteiger partial charge in [0.05, 0.1) is 22.7 Å². The van der Waals surface area contributed by atoms with Gasteiger partial charge in [-0.05, 0) is 87.4 Å². The van der Waals surface area contributed by atoms with E-state index in [1.807, 2.05) is 0 Å². The van der Waals surface area contributed by atoms with Crippen LogP contribution in [0.5, 0.6) is 0 Å². The molecular formula is C50H57N3O+2. The van der Waals surface area contributed by atoms with Crippen molar-refractivity contribution in [1.29, 1.82) is 0 Å². The van der Waals surface area contributed by atoms with Crippen LogP contribution >= 0.6 is 0 Å². The molecule has 0 amide bonds. The molecule has 276 valence electrons. The predicted molar refractivity (Wildman–Crippen MR) is 219 cm³/mol. The third kappa shape index (κ3) is 5.54. The number of benzene rings is 3. The molecule has 4 nitrogen and oxygen atoms in total. The molecule has 0 radical (unpaired) electrons. The molecule has 4 heteroatoms. The Morgan fingerprint density at radius 2 is 1.48 bits per heavy atom. The minimum absolute atomic E-state index is 0.0114. The zero-order valence-electron chi connectivity index (χ0n) is 33.2. The Kier molecular flexibility index (Phi) is 8.77. The molecule has 2 saturated heterocycles. The summed E-state index contributed by atoms with van der Waals surface area (Å²) < 4.78 is 12.3. The number of ether oxygens (including phenoxy) is 1. The van der Waals surface area contributed by atoms with Gasteiger partial charge in [0.1, 0.15) is 11.0 Å². The maximum Gasteiger partial charge on any atom is 0.239 e. The van der Waals surface area contributed by atoms with Crippen LogP contribution in [0.4, 0.5) is 0 Å². The molecule has 0 spiro atoms. The number of pyridine rings is 1. The second-order valence-corrected chi connectivity index (χ2v) is 17.3. The average molecular weight is 716 g/mol. The number of fused-ring (bicyclic) bond motifs is 9. The predicted octanol–water partition coefficient (Wildman–Crippen LogP) is 9.16. The third-order valence-corrected chi connectivity index (χ3v) is 14.2. The number of aromatic nitrogens is 3. The maximum absolute atomic E-state index is 6.95. The van der Waals surface area contributed by atoms with Crippen molar-refractivity contribution in [3.8, 4) is 33.8 Å². The molecule has 5 heterocycles. The van der Waals surface area contributed by atoms with E-state index >= 15 is 0 Å². The number of hydrogen-bond donors (Lipinski definition) is 0. The van der Waals surface area contributed by atoms with Crippen LogP contribution < -0.4 is 19.8 Å². The second-order valence-electron chi connectivity index (χ2n) is 17.3. The van der Waals surface area contributed by atoms with Gasteiger partial charge in [-0.2, -0.15) is 9.13 Å². The number of nitrogens with zero attached hydrogens (tertiary/aromatic N) is 3. The summed E-state index contributed by atoms with van der Waals surface area (Å²) in [5.41, 5.74) is 11.3. The Morgan fingerprint density at radius 3 is 2.20 bits per heavy atom. The SMILES string of the molecule is CCCCc1cc[n+]2c(c1)-c1ccccc1C(C[n+]1c(-c3ccccc3C)c(-c3ccccc3)nc3c1=CC1C(C=3)C3(C)CCC1(C)O3)CC2(CC)CC. The fourth-order valence-electron chi connectivity index (χ4n) is 11.0. The average Bonchev–Trinajstić information content (AvgIpc) is 3.60. The van der Waals surface area contributed by atoms with Gasteiger partial charge in [-0.25, -0.2) is 4.98 Å². The lowest BCUT2D eigenvalue weighted by atomic mass is 9.66. The molecule has 9 rings (SSSR count). The normalized spacial score (nSPS) is 25.8. The molecule has 3 aliphatic heterocycles. The van der Waals surface area contributed by atoms with E-state index in [2.05, 4.69) is 160 Å². The van der Waals surface area contributed by atoms with Crippen molar-refractivity contribution in [1.82, 2.24) is 4.98 Å². The lowest BCUT2D eigenvalue weighted by Crippen LogP contribution is -2.64. The highest BCUT2D eigenvalue weighted by Crippen LogP contribution is 2.58. The number of unbranched alkanes of at least 4 members (excludes halogenated alkanes) is 1. The van der Waals surface area contributed by atoms with Gasteiger partial charge in [-0.1, -0.05) is 93.9 Å². The summed E-state index contributed by atoms with van der Waals surface area (Å²) in [6, 6.07) is 34.1. The number of hydrogen-bond acceptors (Lipinski definition) is 2. The van der Waals surface area contributed by atoms with E-state index in [1.165, 1.54) is 57.4 Å². The molecule has 4 aliphatic rings. The summed E-state index contributed by atoms with van der Waals surface area (Å²) in [6.45, 7) is 14.9. The van der Waals surface area contributed by atoms with Crippen LogP contribution in [-0.4, -0.2) is 16.2 Å². The first-order valence-electron chi connectivity index (χ1n) is 20.8. The molecule has 5 aromatic rings. The zero-order valence-corrected chi connectivity index (χ0v) is 33.2. The highest BCUT2D eigenvalue weighted by molar-refractivity contribution is 5.77. The first-order valence-corrected chi connectivity index (χ1v) is 20.8. The van der Waals surface area contributed by atoms with E-state index in [0.717, 1.165) is 61.7 Å². The van der Waals surface area contributed by atoms with E-state index in [4.69, 9.17) is 9.72 Å². The monoisotopic (exact) mass is 715 g/mol. The minimum atomic E-state index is -0.158. The summed E-state index contributed by atoms with van der Waals surface area (Å²) in [5, 5.41) is 2.35. The fourth-order valence-corrected chi connectivity index (χ4v) is 11.0. The van der Waals surface area contributed by atoms with Gasteiger partial charge < -0.3 is 4.74 Å². The molecule has 3 aromatic carbocycles. The fraction of sp³-hybridized carbons (Fsp3) is 0.420. The molecule has 5 atom stereocenters. The topological polar surface area (TPSA) is 29.9 Å². The summed E-state index contributed by atoms with van der Waals surface area (Å²) in [4.78, 5) is 5.68. The minimum Gasteiger partial charge on any atom is -0.368 e. The standard InChI is InChI=1S/C50H57N3O/c1-7-10-19-35-25-28-53-44(29-35)40-24-17-16-23-39(40)37(32-50(53,8-2)9-3)33-52-45-31-42-41(48(5)26-27-49(42,6)54-48)30-43(45)51-46(36-20-12-11-13-21-36)47(52)38-22-15-14-18-34(38)4/h11-18,20-25,28-31,37,41-42H,7-10,19,26-27,32-33H2,1-6H3/q+2. The Morgan fingerprint density at radius 1 is 0.796 bits per heavy atom. The highest BCUT2D eigenvalue weighted by Gasteiger charge is 2.62. The Hall–Kier alpha value is -4.41. The van der Waals surface area contributed by atoms with Gasteiger partial charge in [0.2, 0.25) is 16.7 Å². The van der Waals surface area contributed by atoms with Crippen LogP contribution in [0.2, 0.25) is 0 Å². The van der Waals surface area contributed by atoms with E-state index < -0.39 is 0 Å². The van der Waals surface area contributed by atoms with Gasteiger partial charge >= 0.3 is 0 Å². The van der Waals surface area contributed by atoms with Crippen molar-refractivity contribution >= 4 is 12.2 Å². The quantitative estimate of drug-likeness (QED) is 0.143. The molecule has 1 aliphatic carbocycles. The Bertz CT molecular complexity index is 2360. The van der Waals surface area contributed by atoms with Gasteiger partial charge in [-0.3, -0.25) is 0 Å². The zero-order chi connectivity index (χ0) is 37.2. The van der Waals surface area contributed by atoms with E-state index in [-0.39, 0.29) is 22.7 Å². The molecule has 54 heavy (non-hydrogen) atoms. The molecule has 2 bridgehead atoms. The second kappa shape index (κ2) is 13.4. The van der Waals surface area contributed by atoms with Gasteiger partial charge in [0.15, 0.2) is 18.3 Å². The summed E-state index contributed by atoms with van der Waals surface area (Å²) in [5.74, 6) is 0.910. The highest BCUT2D eigenvalue weighted by atomic mass is 16.5. The van der Waals surface area contributed by atoms with Crippen LogP contribution in [0.1, 0.15) is 102 Å². The first kappa shape index (κ1) is 35.3. The van der Waals surface area contributed by atoms with Crippen molar-refractivity contribution in [2.24, 2.45) is 11.8 Å². The molecule has 5 unspecified atom stereocenters. The van der Waals surface area contributed by atoms with Gasteiger partial charge in [0, 0.05) is 54.4 Å². The van der Waals surface area contributed by atoms with Crippen molar-refractivity contribution in [3.63, 3.8) is 0 Å². The van der Waals surface area contributed by atoms with E-state index in [9.17, 15) is 0 Å².